The van der Waals surface area contributed by atoms with Gasteiger partial charge in [-0.25, -0.2) is 13.1 Å². The Morgan fingerprint density at radius 3 is 2.55 bits per heavy atom. The summed E-state index contributed by atoms with van der Waals surface area (Å²) in [4.78, 5) is 28.4. The van der Waals surface area contributed by atoms with Crippen LogP contribution in [0.5, 0.6) is 0 Å². The van der Waals surface area contributed by atoms with Crippen LogP contribution in [0.1, 0.15) is 23.3 Å². The largest absolute Gasteiger partial charge is 0.481 e. The van der Waals surface area contributed by atoms with Crippen LogP contribution in [0.4, 0.5) is 0 Å². The molecule has 0 aliphatic carbocycles. The lowest BCUT2D eigenvalue weighted by Crippen LogP contribution is -2.42. The molecule has 2 aromatic heterocycles. The Balaban J connectivity index is 1.56. The van der Waals surface area contributed by atoms with Crippen molar-refractivity contribution in [1.82, 2.24) is 14.7 Å². The number of thiophene rings is 1. The number of rotatable bonds is 6. The van der Waals surface area contributed by atoms with Crippen molar-refractivity contribution in [2.75, 3.05) is 19.3 Å². The third-order valence-corrected chi connectivity index (χ3v) is 9.06. The summed E-state index contributed by atoms with van der Waals surface area (Å²) in [5, 5.41) is 14.5. The van der Waals surface area contributed by atoms with E-state index in [-0.39, 0.29) is 23.0 Å². The van der Waals surface area contributed by atoms with Gasteiger partial charge in [-0.3, -0.25) is 9.59 Å². The Kier molecular flexibility index (Phi) is 7.13. The molecule has 1 fully saturated rings. The number of carboxylic acid groups (broad SMARTS) is 1. The van der Waals surface area contributed by atoms with Gasteiger partial charge in [0, 0.05) is 24.2 Å². The van der Waals surface area contributed by atoms with Crippen molar-refractivity contribution < 1.29 is 23.1 Å². The highest BCUT2D eigenvalue weighted by Crippen LogP contribution is 2.37. The van der Waals surface area contributed by atoms with E-state index in [1.807, 2.05) is 24.3 Å². The number of para-hydroxylation sites is 1. The zero-order valence-corrected chi connectivity index (χ0v) is 22.8. The van der Waals surface area contributed by atoms with E-state index >= 15 is 0 Å². The molecule has 38 heavy (non-hydrogen) atoms. The minimum absolute atomic E-state index is 0.141. The van der Waals surface area contributed by atoms with Gasteiger partial charge >= 0.3 is 5.97 Å². The van der Waals surface area contributed by atoms with E-state index in [4.69, 9.17) is 11.6 Å². The summed E-state index contributed by atoms with van der Waals surface area (Å²) in [6.07, 6.45) is 2.33. The summed E-state index contributed by atoms with van der Waals surface area (Å²) in [6, 6.07) is 19.4. The van der Waals surface area contributed by atoms with E-state index in [9.17, 15) is 23.1 Å². The van der Waals surface area contributed by atoms with Crippen LogP contribution in [0.25, 0.3) is 26.7 Å². The second kappa shape index (κ2) is 10.4. The topological polar surface area (TPSA) is 110 Å². The van der Waals surface area contributed by atoms with Gasteiger partial charge in [0.15, 0.2) is 15.5 Å². The lowest BCUT2D eigenvalue weighted by Gasteiger charge is -2.30. The molecule has 1 amide bonds. The molecule has 0 saturated carbocycles. The van der Waals surface area contributed by atoms with Gasteiger partial charge in [-0.1, -0.05) is 35.9 Å². The molecule has 3 heterocycles. The number of carboxylic acids is 1. The number of likely N-dealkylation sites (tertiary alicyclic amines) is 1. The molecule has 2 aromatic carbocycles. The fraction of sp³-hybridized carbons (Fsp3) is 0.222. The van der Waals surface area contributed by atoms with Crippen molar-refractivity contribution in [3.8, 4) is 26.7 Å². The second-order valence-electron chi connectivity index (χ2n) is 9.17. The highest BCUT2D eigenvalue weighted by atomic mass is 35.5. The first-order chi connectivity index (χ1) is 18.1. The summed E-state index contributed by atoms with van der Waals surface area (Å²) in [7, 11) is -3.36. The van der Waals surface area contributed by atoms with E-state index in [1.165, 1.54) is 17.6 Å². The van der Waals surface area contributed by atoms with Gasteiger partial charge < -0.3 is 10.0 Å². The van der Waals surface area contributed by atoms with Gasteiger partial charge in [-0.2, -0.15) is 5.10 Å². The fourth-order valence-electron chi connectivity index (χ4n) is 4.50. The molecule has 0 spiro atoms. The third-order valence-electron chi connectivity index (χ3n) is 6.47. The number of aliphatic carboxylic acids is 1. The monoisotopic (exact) mass is 569 g/mol. The number of carbonyl (C=O) groups is 2. The molecule has 1 aliphatic heterocycles. The zero-order chi connectivity index (χ0) is 27.0. The standard InChI is InChI=1S/C27H24ClN3O5S2/c1-38(35,36)19-8-4-6-17(14-19)24-11-12-25(37-24)23-15-21(29-31(23)22-10-3-2-9-20(22)28)26(32)30-13-5-7-18(16-30)27(33)34/h2-4,6,8-12,14-15,18H,5,7,13,16H2,1H3,(H,33,34). The fourth-order valence-corrected chi connectivity index (χ4v) is 6.39. The van der Waals surface area contributed by atoms with Crippen molar-refractivity contribution in [2.45, 2.75) is 17.7 Å². The van der Waals surface area contributed by atoms with E-state index in [2.05, 4.69) is 5.10 Å². The molecule has 1 atom stereocenters. The molecule has 8 nitrogen and oxygen atoms in total. The minimum atomic E-state index is -3.36. The summed E-state index contributed by atoms with van der Waals surface area (Å²) in [5.74, 6) is -1.84. The van der Waals surface area contributed by atoms with Crippen LogP contribution in [0.3, 0.4) is 0 Å². The predicted molar refractivity (Wildman–Crippen MR) is 147 cm³/mol. The Morgan fingerprint density at radius 1 is 1.05 bits per heavy atom. The van der Waals surface area contributed by atoms with Crippen molar-refractivity contribution in [3.05, 3.63) is 77.4 Å². The molecule has 196 valence electrons. The first-order valence-corrected chi connectivity index (χ1v) is 15.0. The van der Waals surface area contributed by atoms with E-state index in [0.29, 0.717) is 35.8 Å². The van der Waals surface area contributed by atoms with Crippen molar-refractivity contribution in [2.24, 2.45) is 5.92 Å². The Bertz CT molecular complexity index is 1640. The number of halogens is 1. The minimum Gasteiger partial charge on any atom is -0.481 e. The van der Waals surface area contributed by atoms with Crippen LogP contribution in [0.2, 0.25) is 5.02 Å². The average molecular weight is 570 g/mol. The molecule has 1 unspecified atom stereocenters. The first-order valence-electron chi connectivity index (χ1n) is 11.9. The molecular weight excluding hydrogens is 546 g/mol. The Hall–Kier alpha value is -3.47. The van der Waals surface area contributed by atoms with Crippen molar-refractivity contribution in [1.29, 1.82) is 0 Å². The van der Waals surface area contributed by atoms with E-state index in [1.54, 1.807) is 52.0 Å². The van der Waals surface area contributed by atoms with Crippen molar-refractivity contribution in [3.63, 3.8) is 0 Å². The molecule has 11 heteroatoms. The van der Waals surface area contributed by atoms with Gasteiger partial charge in [0.2, 0.25) is 0 Å². The average Bonchev–Trinajstić information content (AvgIpc) is 3.56. The normalized spacial score (nSPS) is 15.9. The van der Waals surface area contributed by atoms with Crippen LogP contribution in [-0.2, 0) is 14.6 Å². The second-order valence-corrected chi connectivity index (χ2v) is 12.7. The van der Waals surface area contributed by atoms with Gasteiger partial charge in [0.25, 0.3) is 5.91 Å². The van der Waals surface area contributed by atoms with E-state index < -0.39 is 21.7 Å². The highest BCUT2D eigenvalue weighted by molar-refractivity contribution is 7.90. The Labute approximate surface area is 229 Å². The molecule has 0 bridgehead atoms. The van der Waals surface area contributed by atoms with Gasteiger partial charge in [-0.15, -0.1) is 11.3 Å². The lowest BCUT2D eigenvalue weighted by atomic mass is 9.98. The lowest BCUT2D eigenvalue weighted by molar-refractivity contribution is -0.143. The van der Waals surface area contributed by atoms with Crippen LogP contribution in [0.15, 0.2) is 71.6 Å². The molecule has 1 aliphatic rings. The number of amides is 1. The number of benzene rings is 2. The van der Waals surface area contributed by atoms with Gasteiger partial charge in [-0.05, 0) is 60.9 Å². The molecule has 0 radical (unpaired) electrons. The highest BCUT2D eigenvalue weighted by Gasteiger charge is 2.30. The predicted octanol–water partition coefficient (Wildman–Crippen LogP) is 5.26. The number of hydrogen-bond acceptors (Lipinski definition) is 6. The van der Waals surface area contributed by atoms with Crippen LogP contribution < -0.4 is 0 Å². The summed E-state index contributed by atoms with van der Waals surface area (Å²) >= 11 is 7.93. The summed E-state index contributed by atoms with van der Waals surface area (Å²) in [6.45, 7) is 0.610. The molecule has 4 aromatic rings. The summed E-state index contributed by atoms with van der Waals surface area (Å²) in [5.41, 5.74) is 2.19. The number of nitrogens with zero attached hydrogens (tertiary/aromatic N) is 3. The summed E-state index contributed by atoms with van der Waals surface area (Å²) < 4.78 is 25.7. The number of carbonyl (C=O) groups excluding carboxylic acids is 1. The maximum atomic E-state index is 13.4. The van der Waals surface area contributed by atoms with Crippen molar-refractivity contribution >= 4 is 44.7 Å². The zero-order valence-electron chi connectivity index (χ0n) is 20.4. The van der Waals surface area contributed by atoms with Gasteiger partial charge in [0.1, 0.15) is 0 Å². The third kappa shape index (κ3) is 5.24. The Morgan fingerprint density at radius 2 is 1.82 bits per heavy atom. The molecule has 1 N–H and O–H groups in total. The quantitative estimate of drug-likeness (QED) is 0.339. The maximum Gasteiger partial charge on any atom is 0.308 e. The van der Waals surface area contributed by atoms with Crippen LogP contribution >= 0.6 is 22.9 Å². The number of sulfone groups is 1. The van der Waals surface area contributed by atoms with Crippen LogP contribution in [0, 0.1) is 5.92 Å². The maximum absolute atomic E-state index is 13.4. The number of piperidine rings is 1. The molecule has 5 rings (SSSR count). The van der Waals surface area contributed by atoms with Crippen LogP contribution in [-0.4, -0.2) is 59.4 Å². The number of aromatic nitrogens is 2. The van der Waals surface area contributed by atoms with E-state index in [0.717, 1.165) is 15.3 Å². The smallest absolute Gasteiger partial charge is 0.308 e. The first kappa shape index (κ1) is 26.1. The SMILES string of the molecule is CS(=O)(=O)c1cccc(-c2ccc(-c3cc(C(=O)N4CCCC(C(=O)O)C4)nn3-c3ccccc3Cl)s2)c1. The van der Waals surface area contributed by atoms with Gasteiger partial charge in [0.05, 0.1) is 32.1 Å². The molecular formula is C27H24ClN3O5S2. The molecule has 1 saturated heterocycles. The number of hydrogen-bond donors (Lipinski definition) is 1.